The van der Waals surface area contributed by atoms with Crippen molar-refractivity contribution in [1.29, 1.82) is 0 Å². The second-order valence-electron chi connectivity index (χ2n) is 4.26. The van der Waals surface area contributed by atoms with E-state index in [0.29, 0.717) is 0 Å². The highest BCUT2D eigenvalue weighted by Gasteiger charge is 2.15. The fraction of sp³-hybridized carbons (Fsp3) is 0.133. The van der Waals surface area contributed by atoms with E-state index in [9.17, 15) is 9.59 Å². The molecule has 0 aliphatic rings. The molecule has 96 valence electrons. The van der Waals surface area contributed by atoms with Gasteiger partial charge < -0.3 is 5.11 Å². The first kappa shape index (κ1) is 13.0. The van der Waals surface area contributed by atoms with Gasteiger partial charge in [0.05, 0.1) is 5.56 Å². The number of pyridine rings is 1. The van der Waals surface area contributed by atoms with E-state index in [1.54, 1.807) is 18.3 Å². The van der Waals surface area contributed by atoms with Crippen LogP contribution in [0.2, 0.25) is 0 Å². The molecule has 0 atom stereocenters. The molecule has 1 aromatic heterocycles. The van der Waals surface area contributed by atoms with Crippen LogP contribution in [-0.2, 0) is 6.42 Å². The van der Waals surface area contributed by atoms with Crippen molar-refractivity contribution in [2.45, 2.75) is 13.3 Å². The van der Waals surface area contributed by atoms with Gasteiger partial charge >= 0.3 is 5.97 Å². The van der Waals surface area contributed by atoms with Crippen molar-refractivity contribution in [3.05, 3.63) is 65.0 Å². The Morgan fingerprint density at radius 2 is 1.79 bits per heavy atom. The highest BCUT2D eigenvalue weighted by molar-refractivity contribution is 6.06. The van der Waals surface area contributed by atoms with Crippen LogP contribution in [0, 0.1) is 6.92 Å². The Bertz CT molecular complexity index is 618. The van der Waals surface area contributed by atoms with Crippen LogP contribution in [0.25, 0.3) is 0 Å². The molecule has 0 bridgehead atoms. The number of carbonyl (C=O) groups excluding carboxylic acids is 1. The highest BCUT2D eigenvalue weighted by atomic mass is 16.4. The number of aromatic carboxylic acids is 1. The topological polar surface area (TPSA) is 67.3 Å². The lowest BCUT2D eigenvalue weighted by atomic mass is 9.99. The van der Waals surface area contributed by atoms with E-state index in [-0.39, 0.29) is 23.3 Å². The summed E-state index contributed by atoms with van der Waals surface area (Å²) in [7, 11) is 0. The number of Topliss-reactive ketones (excluding diaryl/α,β-unsaturated/α-hetero) is 1. The van der Waals surface area contributed by atoms with Crippen molar-refractivity contribution in [2.75, 3.05) is 0 Å². The number of hydrogen-bond acceptors (Lipinski definition) is 3. The number of benzene rings is 1. The maximum absolute atomic E-state index is 12.1. The summed E-state index contributed by atoms with van der Waals surface area (Å²) in [6.07, 6.45) is 1.79. The van der Waals surface area contributed by atoms with Crippen molar-refractivity contribution < 1.29 is 14.7 Å². The van der Waals surface area contributed by atoms with Crippen molar-refractivity contribution in [1.82, 2.24) is 4.98 Å². The smallest absolute Gasteiger partial charge is 0.336 e. The predicted octanol–water partition coefficient (Wildman–Crippen LogP) is 2.51. The molecule has 0 saturated heterocycles. The van der Waals surface area contributed by atoms with E-state index < -0.39 is 5.97 Å². The average molecular weight is 255 g/mol. The summed E-state index contributed by atoms with van der Waals surface area (Å²) < 4.78 is 0. The molecule has 2 aromatic rings. The number of carbonyl (C=O) groups is 2. The van der Waals surface area contributed by atoms with E-state index >= 15 is 0 Å². The first-order valence-electron chi connectivity index (χ1n) is 5.85. The molecule has 0 aliphatic carbocycles. The van der Waals surface area contributed by atoms with Crippen LogP contribution in [-0.4, -0.2) is 21.8 Å². The molecule has 2 rings (SSSR count). The number of carboxylic acid groups (broad SMARTS) is 1. The van der Waals surface area contributed by atoms with E-state index in [4.69, 9.17) is 5.11 Å². The molecule has 4 nitrogen and oxygen atoms in total. The number of aryl methyl sites for hydroxylation is 1. The van der Waals surface area contributed by atoms with Gasteiger partial charge in [-0.25, -0.2) is 4.79 Å². The molecule has 0 amide bonds. The van der Waals surface area contributed by atoms with Gasteiger partial charge in [-0.1, -0.05) is 24.3 Å². The lowest BCUT2D eigenvalue weighted by Gasteiger charge is -2.05. The number of nitrogens with zero attached hydrogens (tertiary/aromatic N) is 1. The van der Waals surface area contributed by atoms with Gasteiger partial charge in [-0.15, -0.1) is 0 Å². The summed E-state index contributed by atoms with van der Waals surface area (Å²) in [5.74, 6) is -1.31. The molecule has 4 heteroatoms. The lowest BCUT2D eigenvalue weighted by Crippen LogP contribution is -2.10. The zero-order valence-corrected chi connectivity index (χ0v) is 10.5. The third-order valence-corrected chi connectivity index (χ3v) is 2.80. The minimum Gasteiger partial charge on any atom is -0.478 e. The van der Waals surface area contributed by atoms with Crippen LogP contribution < -0.4 is 0 Å². The molecule has 19 heavy (non-hydrogen) atoms. The molecule has 1 heterocycles. The molecule has 0 spiro atoms. The SMILES string of the molecule is Cc1ccc(CC(=O)c2ccccc2C(=O)O)cn1. The van der Waals surface area contributed by atoms with E-state index in [2.05, 4.69) is 4.98 Å². The minimum atomic E-state index is -1.09. The average Bonchev–Trinajstić information content (AvgIpc) is 2.41. The monoisotopic (exact) mass is 255 g/mol. The van der Waals surface area contributed by atoms with Crippen LogP contribution in [0.4, 0.5) is 0 Å². The van der Waals surface area contributed by atoms with Gasteiger partial charge in [-0.2, -0.15) is 0 Å². The van der Waals surface area contributed by atoms with Crippen molar-refractivity contribution in [2.24, 2.45) is 0 Å². The van der Waals surface area contributed by atoms with Gasteiger partial charge in [0.1, 0.15) is 0 Å². The van der Waals surface area contributed by atoms with Crippen LogP contribution in [0.15, 0.2) is 42.6 Å². The molecule has 1 N–H and O–H groups in total. The van der Waals surface area contributed by atoms with Gasteiger partial charge in [-0.05, 0) is 24.6 Å². The van der Waals surface area contributed by atoms with Gasteiger partial charge in [-0.3, -0.25) is 9.78 Å². The first-order chi connectivity index (χ1) is 9.08. The van der Waals surface area contributed by atoms with Gasteiger partial charge in [0.15, 0.2) is 5.78 Å². The molecule has 0 saturated carbocycles. The first-order valence-corrected chi connectivity index (χ1v) is 5.85. The fourth-order valence-electron chi connectivity index (χ4n) is 1.80. The zero-order chi connectivity index (χ0) is 13.8. The van der Waals surface area contributed by atoms with Crippen LogP contribution in [0.1, 0.15) is 32.0 Å². The van der Waals surface area contributed by atoms with Crippen LogP contribution in [0.5, 0.6) is 0 Å². The van der Waals surface area contributed by atoms with Crippen LogP contribution in [0.3, 0.4) is 0 Å². The number of carboxylic acids is 1. The number of aromatic nitrogens is 1. The molecule has 1 aromatic carbocycles. The molecule has 0 unspecified atom stereocenters. The quantitative estimate of drug-likeness (QED) is 0.852. The number of ketones is 1. The Labute approximate surface area is 110 Å². The maximum atomic E-state index is 12.1. The Balaban J connectivity index is 2.25. The number of rotatable bonds is 4. The normalized spacial score (nSPS) is 10.2. The zero-order valence-electron chi connectivity index (χ0n) is 10.5. The lowest BCUT2D eigenvalue weighted by molar-refractivity contribution is 0.0692. The van der Waals surface area contributed by atoms with Crippen molar-refractivity contribution in [3.8, 4) is 0 Å². The summed E-state index contributed by atoms with van der Waals surface area (Å²) >= 11 is 0. The summed E-state index contributed by atoms with van der Waals surface area (Å²) in [5, 5.41) is 9.05. The Kier molecular flexibility index (Phi) is 3.71. The third-order valence-electron chi connectivity index (χ3n) is 2.80. The van der Waals surface area contributed by atoms with Gasteiger partial charge in [0.2, 0.25) is 0 Å². The predicted molar refractivity (Wildman–Crippen MR) is 70.4 cm³/mol. The van der Waals surface area contributed by atoms with Crippen molar-refractivity contribution >= 4 is 11.8 Å². The largest absolute Gasteiger partial charge is 0.478 e. The third kappa shape index (κ3) is 3.04. The number of hydrogen-bond donors (Lipinski definition) is 1. The minimum absolute atomic E-state index is 0.0348. The van der Waals surface area contributed by atoms with Crippen LogP contribution >= 0.6 is 0 Å². The summed E-state index contributed by atoms with van der Waals surface area (Å²) in [5.41, 5.74) is 1.92. The Morgan fingerprint density at radius 1 is 1.11 bits per heavy atom. The highest BCUT2D eigenvalue weighted by Crippen LogP contribution is 2.13. The summed E-state index contributed by atoms with van der Waals surface area (Å²) in [4.78, 5) is 27.3. The van der Waals surface area contributed by atoms with Crippen molar-refractivity contribution in [3.63, 3.8) is 0 Å². The second-order valence-corrected chi connectivity index (χ2v) is 4.26. The maximum Gasteiger partial charge on any atom is 0.336 e. The fourth-order valence-corrected chi connectivity index (χ4v) is 1.80. The van der Waals surface area contributed by atoms with E-state index in [1.807, 2.05) is 19.1 Å². The van der Waals surface area contributed by atoms with E-state index in [1.165, 1.54) is 12.1 Å². The molecular formula is C15H13NO3. The Morgan fingerprint density at radius 3 is 2.37 bits per heavy atom. The molecular weight excluding hydrogens is 242 g/mol. The summed E-state index contributed by atoms with van der Waals surface area (Å²) in [6.45, 7) is 1.87. The molecule has 0 radical (unpaired) electrons. The molecule has 0 aliphatic heterocycles. The second kappa shape index (κ2) is 5.44. The Hall–Kier alpha value is -2.49. The standard InChI is InChI=1S/C15H13NO3/c1-10-6-7-11(9-16-10)8-14(17)12-4-2-3-5-13(12)15(18)19/h2-7,9H,8H2,1H3,(H,18,19). The molecule has 0 fully saturated rings. The van der Waals surface area contributed by atoms with Gasteiger partial charge in [0.25, 0.3) is 0 Å². The van der Waals surface area contributed by atoms with E-state index in [0.717, 1.165) is 11.3 Å². The van der Waals surface area contributed by atoms with Gasteiger partial charge in [0, 0.05) is 23.9 Å². The summed E-state index contributed by atoms with van der Waals surface area (Å²) in [6, 6.07) is 9.88.